The molecule has 0 spiro atoms. The van der Waals surface area contributed by atoms with E-state index in [0.717, 1.165) is 17.2 Å². The monoisotopic (exact) mass is 250 g/mol. The van der Waals surface area contributed by atoms with Crippen LogP contribution in [0, 0.1) is 0 Å². The summed E-state index contributed by atoms with van der Waals surface area (Å²) in [6.45, 7) is 1.94. The van der Waals surface area contributed by atoms with Gasteiger partial charge in [0.15, 0.2) is 5.13 Å². The van der Waals surface area contributed by atoms with Crippen LogP contribution >= 0.6 is 11.3 Å². The number of hydrogen-bond donors (Lipinski definition) is 1. The number of methoxy groups -OCH3 is 1. The molecule has 0 aliphatic heterocycles. The summed E-state index contributed by atoms with van der Waals surface area (Å²) in [5, 5.41) is 2.47. The van der Waals surface area contributed by atoms with E-state index in [2.05, 4.69) is 4.98 Å². The highest BCUT2D eigenvalue weighted by molar-refractivity contribution is 7.13. The van der Waals surface area contributed by atoms with Crippen molar-refractivity contribution in [1.82, 2.24) is 4.98 Å². The second kappa shape index (κ2) is 5.05. The van der Waals surface area contributed by atoms with Gasteiger partial charge in [-0.2, -0.15) is 0 Å². The van der Waals surface area contributed by atoms with Crippen molar-refractivity contribution in [3.8, 4) is 11.5 Å². The van der Waals surface area contributed by atoms with Crippen molar-refractivity contribution in [2.75, 3.05) is 12.8 Å². The number of hydrogen-bond acceptors (Lipinski definition) is 5. The van der Waals surface area contributed by atoms with Gasteiger partial charge in [0.2, 0.25) is 0 Å². The summed E-state index contributed by atoms with van der Waals surface area (Å²) in [6.07, 6.45) is -0.114. The molecule has 2 rings (SSSR count). The minimum absolute atomic E-state index is 0.114. The fourth-order valence-corrected chi connectivity index (χ4v) is 2.05. The quantitative estimate of drug-likeness (QED) is 0.906. The molecule has 4 nitrogen and oxygen atoms in total. The normalized spacial score (nSPS) is 12.1. The van der Waals surface area contributed by atoms with Gasteiger partial charge in [0.25, 0.3) is 0 Å². The van der Waals surface area contributed by atoms with Crippen molar-refractivity contribution in [3.05, 3.63) is 35.3 Å². The average Bonchev–Trinajstić information content (AvgIpc) is 2.77. The van der Waals surface area contributed by atoms with Crippen LogP contribution in [0.4, 0.5) is 5.13 Å². The largest absolute Gasteiger partial charge is 0.497 e. The average molecular weight is 250 g/mol. The molecular weight excluding hydrogens is 236 g/mol. The minimum Gasteiger partial charge on any atom is -0.497 e. The zero-order valence-electron chi connectivity index (χ0n) is 9.71. The molecular formula is C12H14N2O2S. The van der Waals surface area contributed by atoms with Gasteiger partial charge in [-0.3, -0.25) is 0 Å². The zero-order valence-corrected chi connectivity index (χ0v) is 10.5. The van der Waals surface area contributed by atoms with Crippen LogP contribution in [0.25, 0.3) is 0 Å². The third kappa shape index (κ3) is 2.88. The first-order valence-corrected chi connectivity index (χ1v) is 6.08. The van der Waals surface area contributed by atoms with E-state index in [1.165, 1.54) is 11.3 Å². The van der Waals surface area contributed by atoms with Gasteiger partial charge in [0.05, 0.1) is 12.8 Å². The first-order chi connectivity index (χ1) is 8.19. The Hall–Kier alpha value is -1.75. The van der Waals surface area contributed by atoms with Crippen molar-refractivity contribution < 1.29 is 9.47 Å². The van der Waals surface area contributed by atoms with Gasteiger partial charge in [-0.25, -0.2) is 4.98 Å². The molecule has 90 valence electrons. The molecule has 0 bridgehead atoms. The van der Waals surface area contributed by atoms with Gasteiger partial charge >= 0.3 is 0 Å². The van der Waals surface area contributed by atoms with E-state index in [9.17, 15) is 0 Å². The third-order valence-corrected chi connectivity index (χ3v) is 3.02. The number of nitrogen functional groups attached to an aromatic ring is 1. The lowest BCUT2D eigenvalue weighted by molar-refractivity contribution is 0.222. The molecule has 0 radical (unpaired) electrons. The van der Waals surface area contributed by atoms with E-state index in [-0.39, 0.29) is 6.10 Å². The van der Waals surface area contributed by atoms with Crippen molar-refractivity contribution in [2.45, 2.75) is 13.0 Å². The summed E-state index contributed by atoms with van der Waals surface area (Å²) in [4.78, 5) is 4.19. The number of ether oxygens (including phenoxy) is 2. The Labute approximate surface area is 104 Å². The Morgan fingerprint density at radius 1 is 1.24 bits per heavy atom. The lowest BCUT2D eigenvalue weighted by atomic mass is 10.3. The molecule has 0 aliphatic rings. The Balaban J connectivity index is 2.04. The summed E-state index contributed by atoms with van der Waals surface area (Å²) in [5.41, 5.74) is 6.43. The van der Waals surface area contributed by atoms with Crippen LogP contribution in [-0.4, -0.2) is 12.1 Å². The summed E-state index contributed by atoms with van der Waals surface area (Å²) in [5.74, 6) is 1.59. The van der Waals surface area contributed by atoms with Crippen LogP contribution in [0.3, 0.4) is 0 Å². The number of nitrogens with zero attached hydrogens (tertiary/aromatic N) is 1. The van der Waals surface area contributed by atoms with Gasteiger partial charge in [0, 0.05) is 5.38 Å². The Bertz CT molecular complexity index is 482. The molecule has 0 aliphatic carbocycles. The summed E-state index contributed by atoms with van der Waals surface area (Å²) >= 11 is 1.42. The van der Waals surface area contributed by atoms with Crippen LogP contribution in [0.5, 0.6) is 11.5 Å². The van der Waals surface area contributed by atoms with Gasteiger partial charge in [-0.1, -0.05) is 0 Å². The first-order valence-electron chi connectivity index (χ1n) is 5.20. The minimum atomic E-state index is -0.114. The topological polar surface area (TPSA) is 57.4 Å². The number of nitrogens with two attached hydrogens (primary N) is 1. The van der Waals surface area contributed by atoms with Gasteiger partial charge in [-0.05, 0) is 31.2 Å². The van der Waals surface area contributed by atoms with Crippen molar-refractivity contribution >= 4 is 16.5 Å². The van der Waals surface area contributed by atoms with Crippen LogP contribution in [0.1, 0.15) is 18.7 Å². The summed E-state index contributed by atoms with van der Waals surface area (Å²) < 4.78 is 10.8. The number of anilines is 1. The van der Waals surface area contributed by atoms with Crippen molar-refractivity contribution in [2.24, 2.45) is 0 Å². The fraction of sp³-hybridized carbons (Fsp3) is 0.250. The number of rotatable bonds is 4. The lowest BCUT2D eigenvalue weighted by Crippen LogP contribution is -2.03. The summed E-state index contributed by atoms with van der Waals surface area (Å²) in [6, 6.07) is 7.45. The van der Waals surface area contributed by atoms with E-state index in [1.807, 2.05) is 36.6 Å². The lowest BCUT2D eigenvalue weighted by Gasteiger charge is -2.12. The molecule has 1 aromatic carbocycles. The molecule has 1 atom stereocenters. The molecule has 0 saturated heterocycles. The number of benzene rings is 1. The summed E-state index contributed by atoms with van der Waals surface area (Å²) in [7, 11) is 1.64. The van der Waals surface area contributed by atoms with Crippen LogP contribution in [-0.2, 0) is 0 Å². The van der Waals surface area contributed by atoms with Crippen molar-refractivity contribution in [3.63, 3.8) is 0 Å². The van der Waals surface area contributed by atoms with E-state index in [4.69, 9.17) is 15.2 Å². The maximum atomic E-state index is 5.75. The van der Waals surface area contributed by atoms with E-state index in [1.54, 1.807) is 7.11 Å². The molecule has 0 fully saturated rings. The molecule has 17 heavy (non-hydrogen) atoms. The third-order valence-electron chi connectivity index (χ3n) is 2.33. The fourth-order valence-electron chi connectivity index (χ4n) is 1.41. The molecule has 2 aromatic rings. The Morgan fingerprint density at radius 2 is 1.88 bits per heavy atom. The SMILES string of the molecule is COc1ccc(OC(C)c2csc(N)n2)cc1. The van der Waals surface area contributed by atoms with E-state index >= 15 is 0 Å². The molecule has 5 heteroatoms. The van der Waals surface area contributed by atoms with Gasteiger partial charge in [-0.15, -0.1) is 11.3 Å². The molecule has 0 saturated carbocycles. The number of thiazole rings is 1. The van der Waals surface area contributed by atoms with Crippen LogP contribution in [0.2, 0.25) is 0 Å². The molecule has 2 N–H and O–H groups in total. The molecule has 0 amide bonds. The standard InChI is InChI=1S/C12H14N2O2S/c1-8(11-7-17-12(13)14-11)16-10-5-3-9(15-2)4-6-10/h3-8H,1-2H3,(H2,13,14). The highest BCUT2D eigenvalue weighted by atomic mass is 32.1. The molecule has 1 unspecified atom stereocenters. The molecule has 1 heterocycles. The first kappa shape index (κ1) is 11.7. The second-order valence-electron chi connectivity index (χ2n) is 3.55. The van der Waals surface area contributed by atoms with Crippen LogP contribution in [0.15, 0.2) is 29.6 Å². The van der Waals surface area contributed by atoms with E-state index in [0.29, 0.717) is 5.13 Å². The maximum absolute atomic E-state index is 5.75. The smallest absolute Gasteiger partial charge is 0.180 e. The van der Waals surface area contributed by atoms with Crippen LogP contribution < -0.4 is 15.2 Å². The van der Waals surface area contributed by atoms with E-state index < -0.39 is 0 Å². The highest BCUT2D eigenvalue weighted by Gasteiger charge is 2.10. The molecule has 1 aromatic heterocycles. The van der Waals surface area contributed by atoms with Gasteiger partial charge in [0.1, 0.15) is 17.6 Å². The Morgan fingerprint density at radius 3 is 2.41 bits per heavy atom. The number of aromatic nitrogens is 1. The second-order valence-corrected chi connectivity index (χ2v) is 4.44. The predicted octanol–water partition coefficient (Wildman–Crippen LogP) is 2.87. The predicted molar refractivity (Wildman–Crippen MR) is 68.6 cm³/mol. The Kier molecular flexibility index (Phi) is 3.49. The van der Waals surface area contributed by atoms with Gasteiger partial charge < -0.3 is 15.2 Å². The maximum Gasteiger partial charge on any atom is 0.180 e. The highest BCUT2D eigenvalue weighted by Crippen LogP contribution is 2.25. The zero-order chi connectivity index (χ0) is 12.3. The van der Waals surface area contributed by atoms with Crippen molar-refractivity contribution in [1.29, 1.82) is 0 Å².